The molecule has 0 fully saturated rings. The topological polar surface area (TPSA) is 68.3 Å². The lowest BCUT2D eigenvalue weighted by molar-refractivity contribution is 0.595. The lowest BCUT2D eigenvalue weighted by Crippen LogP contribution is -2.05. The van der Waals surface area contributed by atoms with Crippen LogP contribution in [0.3, 0.4) is 0 Å². The predicted octanol–water partition coefficient (Wildman–Crippen LogP) is 3.40. The zero-order valence-electron chi connectivity index (χ0n) is 11.9. The van der Waals surface area contributed by atoms with Crippen molar-refractivity contribution in [2.24, 2.45) is 0 Å². The molecule has 7 heteroatoms. The van der Waals surface area contributed by atoms with Crippen LogP contribution in [0.1, 0.15) is 18.9 Å². The second kappa shape index (κ2) is 6.40. The van der Waals surface area contributed by atoms with Gasteiger partial charge in [-0.2, -0.15) is 0 Å². The number of hydrogen-bond donors (Lipinski definition) is 0. The van der Waals surface area contributed by atoms with Gasteiger partial charge < -0.3 is 0 Å². The van der Waals surface area contributed by atoms with Crippen LogP contribution in [0.25, 0.3) is 0 Å². The van der Waals surface area contributed by atoms with Crippen LogP contribution in [0.4, 0.5) is 0 Å². The summed E-state index contributed by atoms with van der Waals surface area (Å²) in [5.74, 6) is 0. The molecule has 0 radical (unpaired) electrons. The molecule has 0 aromatic heterocycles. The van der Waals surface area contributed by atoms with Gasteiger partial charge in [-0.3, -0.25) is 0 Å². The molecule has 0 saturated heterocycles. The van der Waals surface area contributed by atoms with E-state index in [1.807, 2.05) is 6.92 Å². The van der Waals surface area contributed by atoms with Crippen molar-refractivity contribution in [2.75, 3.05) is 0 Å². The third-order valence-electron chi connectivity index (χ3n) is 3.18. The summed E-state index contributed by atoms with van der Waals surface area (Å²) >= 11 is 0. The Bertz CT molecular complexity index is 873. The molecule has 0 N–H and O–H groups in total. The molecule has 0 bridgehead atoms. The van der Waals surface area contributed by atoms with Gasteiger partial charge in [-0.05, 0) is 36.2 Å². The molecule has 0 heterocycles. The van der Waals surface area contributed by atoms with E-state index < -0.39 is 18.9 Å². The normalized spacial score (nSPS) is 12.3. The van der Waals surface area contributed by atoms with Crippen molar-refractivity contribution in [2.45, 2.75) is 34.5 Å². The Kier molecular flexibility index (Phi) is 4.94. The zero-order valence-corrected chi connectivity index (χ0v) is 14.2. The number of hydrogen-bond acceptors (Lipinski definition) is 4. The third kappa shape index (κ3) is 3.51. The molecular formula is C15H15ClO4S2. The second-order valence-electron chi connectivity index (χ2n) is 4.77. The molecule has 4 nitrogen and oxygen atoms in total. The van der Waals surface area contributed by atoms with E-state index in [-0.39, 0.29) is 14.7 Å². The molecule has 0 saturated carbocycles. The molecule has 0 atom stereocenters. The van der Waals surface area contributed by atoms with Gasteiger partial charge >= 0.3 is 0 Å². The Morgan fingerprint density at radius 2 is 1.55 bits per heavy atom. The second-order valence-corrected chi connectivity index (χ2v) is 9.26. The van der Waals surface area contributed by atoms with Gasteiger partial charge in [0.1, 0.15) is 0 Å². The molecule has 0 unspecified atom stereocenters. The van der Waals surface area contributed by atoms with Crippen molar-refractivity contribution < 1.29 is 16.8 Å². The Hall–Kier alpha value is -1.37. The van der Waals surface area contributed by atoms with Gasteiger partial charge in [-0.1, -0.05) is 37.6 Å². The molecule has 2 aromatic carbocycles. The van der Waals surface area contributed by atoms with Crippen LogP contribution >= 0.6 is 10.7 Å². The highest BCUT2D eigenvalue weighted by Gasteiger charge is 2.22. The van der Waals surface area contributed by atoms with Gasteiger partial charge in [-0.15, -0.1) is 0 Å². The molecule has 0 aliphatic heterocycles. The van der Waals surface area contributed by atoms with Crippen molar-refractivity contribution in [3.63, 3.8) is 0 Å². The molecule has 22 heavy (non-hydrogen) atoms. The monoisotopic (exact) mass is 358 g/mol. The molecule has 0 aliphatic carbocycles. The first-order valence-corrected chi connectivity index (χ1v) is 10.4. The van der Waals surface area contributed by atoms with Crippen molar-refractivity contribution in [1.82, 2.24) is 0 Å². The molecule has 118 valence electrons. The minimum atomic E-state index is -4.01. The molecule has 0 aliphatic rings. The minimum absolute atomic E-state index is 0.0854. The third-order valence-corrected chi connectivity index (χ3v) is 6.36. The van der Waals surface area contributed by atoms with Gasteiger partial charge in [0, 0.05) is 10.7 Å². The Morgan fingerprint density at radius 1 is 0.909 bits per heavy atom. The molecular weight excluding hydrogens is 344 g/mol. The summed E-state index contributed by atoms with van der Waals surface area (Å²) in [6, 6.07) is 11.9. The van der Waals surface area contributed by atoms with Crippen LogP contribution < -0.4 is 0 Å². The smallest absolute Gasteiger partial charge is 0.219 e. The number of benzene rings is 2. The van der Waals surface area contributed by atoms with Crippen molar-refractivity contribution in [3.8, 4) is 0 Å². The summed E-state index contributed by atoms with van der Waals surface area (Å²) in [5, 5.41) is 0. The van der Waals surface area contributed by atoms with E-state index in [4.69, 9.17) is 10.7 Å². The average Bonchev–Trinajstić information content (AvgIpc) is 2.47. The fraction of sp³-hybridized carbons (Fsp3) is 0.200. The van der Waals surface area contributed by atoms with Crippen LogP contribution in [0.2, 0.25) is 0 Å². The predicted molar refractivity (Wildman–Crippen MR) is 85.4 cm³/mol. The molecule has 2 aromatic rings. The van der Waals surface area contributed by atoms with E-state index in [0.717, 1.165) is 12.5 Å². The summed E-state index contributed by atoms with van der Waals surface area (Å²) in [6.45, 7) is 1.90. The van der Waals surface area contributed by atoms with E-state index in [0.29, 0.717) is 12.0 Å². The maximum absolute atomic E-state index is 12.5. The maximum Gasteiger partial charge on any atom is 0.261 e. The standard InChI is InChI=1S/C15H15ClO4S2/c1-2-6-12-9-10-14(11-15(12)22(16,19)20)21(17,18)13-7-4-3-5-8-13/h3-5,7-11H,2,6H2,1H3. The maximum atomic E-state index is 12.5. The molecule has 2 rings (SSSR count). The van der Waals surface area contributed by atoms with Crippen molar-refractivity contribution in [3.05, 3.63) is 54.1 Å². The Morgan fingerprint density at radius 3 is 2.09 bits per heavy atom. The molecule has 0 spiro atoms. The number of rotatable bonds is 5. The van der Waals surface area contributed by atoms with E-state index in [9.17, 15) is 16.8 Å². The zero-order chi connectivity index (χ0) is 16.4. The first-order valence-electron chi connectivity index (χ1n) is 6.64. The quantitative estimate of drug-likeness (QED) is 0.768. The van der Waals surface area contributed by atoms with E-state index >= 15 is 0 Å². The van der Waals surface area contributed by atoms with Crippen LogP contribution in [0.15, 0.2) is 63.2 Å². The van der Waals surface area contributed by atoms with E-state index in [1.54, 1.807) is 18.2 Å². The van der Waals surface area contributed by atoms with Crippen molar-refractivity contribution in [1.29, 1.82) is 0 Å². The summed E-state index contributed by atoms with van der Waals surface area (Å²) in [6.07, 6.45) is 1.23. The van der Waals surface area contributed by atoms with Crippen LogP contribution in [-0.2, 0) is 25.3 Å². The van der Waals surface area contributed by atoms with E-state index in [1.165, 1.54) is 24.3 Å². The van der Waals surface area contributed by atoms with Gasteiger partial charge in [0.05, 0.1) is 14.7 Å². The fourth-order valence-corrected chi connectivity index (χ4v) is 4.70. The summed E-state index contributed by atoms with van der Waals surface area (Å²) < 4.78 is 48.5. The van der Waals surface area contributed by atoms with Crippen LogP contribution in [0.5, 0.6) is 0 Å². The largest absolute Gasteiger partial charge is 0.261 e. The van der Waals surface area contributed by atoms with Gasteiger partial charge in [-0.25, -0.2) is 16.8 Å². The van der Waals surface area contributed by atoms with Gasteiger partial charge in [0.2, 0.25) is 9.84 Å². The average molecular weight is 359 g/mol. The number of halogens is 1. The van der Waals surface area contributed by atoms with E-state index in [2.05, 4.69) is 0 Å². The summed E-state index contributed by atoms with van der Waals surface area (Å²) in [5.41, 5.74) is 0.518. The van der Waals surface area contributed by atoms with Crippen LogP contribution in [-0.4, -0.2) is 16.8 Å². The highest BCUT2D eigenvalue weighted by Crippen LogP contribution is 2.28. The van der Waals surface area contributed by atoms with Gasteiger partial charge in [0.15, 0.2) is 0 Å². The minimum Gasteiger partial charge on any atom is -0.219 e. The SMILES string of the molecule is CCCc1ccc(S(=O)(=O)c2ccccc2)cc1S(=O)(=O)Cl. The Balaban J connectivity index is 2.64. The number of sulfone groups is 1. The number of aryl methyl sites for hydroxylation is 1. The summed E-state index contributed by atoms with van der Waals surface area (Å²) in [7, 11) is -2.34. The Labute approximate surface area is 135 Å². The highest BCUT2D eigenvalue weighted by atomic mass is 35.7. The highest BCUT2D eigenvalue weighted by molar-refractivity contribution is 8.13. The first kappa shape index (κ1) is 17.0. The van der Waals surface area contributed by atoms with Crippen molar-refractivity contribution >= 4 is 29.6 Å². The fourth-order valence-electron chi connectivity index (χ4n) is 2.14. The first-order chi connectivity index (χ1) is 10.3. The lowest BCUT2D eigenvalue weighted by Gasteiger charge is -2.10. The molecule has 0 amide bonds. The summed E-state index contributed by atoms with van der Waals surface area (Å²) in [4.78, 5) is -0.123. The van der Waals surface area contributed by atoms with Gasteiger partial charge in [0.25, 0.3) is 9.05 Å². The lowest BCUT2D eigenvalue weighted by atomic mass is 10.1. The van der Waals surface area contributed by atoms with Crippen LogP contribution in [0, 0.1) is 0 Å².